The summed E-state index contributed by atoms with van der Waals surface area (Å²) in [7, 11) is 1.56. The van der Waals surface area contributed by atoms with Gasteiger partial charge in [0, 0.05) is 36.4 Å². The van der Waals surface area contributed by atoms with Crippen molar-refractivity contribution >= 4 is 29.1 Å². The van der Waals surface area contributed by atoms with Crippen LogP contribution in [0.2, 0.25) is 0 Å². The Bertz CT molecular complexity index is 1280. The lowest BCUT2D eigenvalue weighted by molar-refractivity contribution is -0.124. The van der Waals surface area contributed by atoms with Crippen molar-refractivity contribution in [3.63, 3.8) is 0 Å². The third-order valence-electron chi connectivity index (χ3n) is 6.22. The highest BCUT2D eigenvalue weighted by molar-refractivity contribution is 6.09. The summed E-state index contributed by atoms with van der Waals surface area (Å²) in [4.78, 5) is 40.9. The summed E-state index contributed by atoms with van der Waals surface area (Å²) in [5, 5.41) is 14.1. The lowest BCUT2D eigenvalue weighted by atomic mass is 10.0. The van der Waals surface area contributed by atoms with Crippen LogP contribution in [0.3, 0.4) is 0 Å². The number of anilines is 2. The number of aromatic nitrogens is 2. The van der Waals surface area contributed by atoms with E-state index in [1.165, 1.54) is 9.58 Å². The minimum absolute atomic E-state index is 0.0836. The third-order valence-corrected chi connectivity index (χ3v) is 6.22. The number of amides is 3. The Morgan fingerprint density at radius 3 is 2.18 bits per heavy atom. The molecule has 0 spiro atoms. The second kappa shape index (κ2) is 8.31. The predicted octanol–water partition coefficient (Wildman–Crippen LogP) is 1.28. The minimum Gasteiger partial charge on any atom is -0.497 e. The summed E-state index contributed by atoms with van der Waals surface area (Å²) < 4.78 is 6.65. The van der Waals surface area contributed by atoms with E-state index in [0.717, 1.165) is 0 Å². The molecule has 2 aliphatic rings. The van der Waals surface area contributed by atoms with Crippen molar-refractivity contribution < 1.29 is 24.2 Å². The molecule has 2 aromatic carbocycles. The minimum atomic E-state index is -0.973. The monoisotopic (exact) mass is 461 g/mol. The number of hydrogen-bond donors (Lipinski definition) is 2. The lowest BCUT2D eigenvalue weighted by Gasteiger charge is -2.28. The van der Waals surface area contributed by atoms with Gasteiger partial charge in [-0.3, -0.25) is 14.4 Å². The van der Waals surface area contributed by atoms with Gasteiger partial charge < -0.3 is 25.4 Å². The van der Waals surface area contributed by atoms with Gasteiger partial charge in [-0.15, -0.1) is 0 Å². The molecular formula is C24H23N5O5. The Morgan fingerprint density at radius 2 is 1.62 bits per heavy atom. The van der Waals surface area contributed by atoms with Crippen molar-refractivity contribution in [2.45, 2.75) is 18.9 Å². The molecule has 3 aromatic rings. The van der Waals surface area contributed by atoms with Gasteiger partial charge >= 0.3 is 0 Å². The first-order valence-corrected chi connectivity index (χ1v) is 10.9. The molecule has 10 heteroatoms. The fraction of sp³-hybridized carbons (Fsp3) is 0.250. The maximum absolute atomic E-state index is 13.6. The van der Waals surface area contributed by atoms with Crippen molar-refractivity contribution in [2.75, 3.05) is 30.0 Å². The molecule has 3 amide bonds. The normalized spacial score (nSPS) is 17.8. The summed E-state index contributed by atoms with van der Waals surface area (Å²) in [6.07, 6.45) is -0.168. The number of methoxy groups -OCH3 is 1. The predicted molar refractivity (Wildman–Crippen MR) is 123 cm³/mol. The smallest absolute Gasteiger partial charge is 0.277 e. The first-order valence-electron chi connectivity index (χ1n) is 10.9. The standard InChI is InChI=1S/C24H23N5O5/c1-34-17-8-6-16(7-9-17)29-21-18(20(26-29)22(25)31)10-12-28(24(21)33)15-4-2-14(3-5-15)27-13-11-19(30)23(27)32/h2-9,19,30H,10-13H2,1H3,(H2,25,31). The molecule has 5 rings (SSSR count). The number of carbonyl (C=O) groups excluding carboxylic acids is 3. The first-order chi connectivity index (χ1) is 16.4. The van der Waals surface area contributed by atoms with Crippen LogP contribution in [0.25, 0.3) is 5.69 Å². The number of fused-ring (bicyclic) bond motifs is 1. The summed E-state index contributed by atoms with van der Waals surface area (Å²) in [6.45, 7) is 0.795. The molecule has 1 unspecified atom stereocenters. The van der Waals surface area contributed by atoms with Gasteiger partial charge in [0.25, 0.3) is 17.7 Å². The van der Waals surface area contributed by atoms with Gasteiger partial charge in [0.1, 0.15) is 17.5 Å². The van der Waals surface area contributed by atoms with Gasteiger partial charge in [0.15, 0.2) is 5.69 Å². The number of nitrogens with two attached hydrogens (primary N) is 1. The average Bonchev–Trinajstić information content (AvgIpc) is 3.41. The zero-order chi connectivity index (χ0) is 24.0. The van der Waals surface area contributed by atoms with Crippen LogP contribution in [0.5, 0.6) is 5.75 Å². The molecule has 10 nitrogen and oxygen atoms in total. The quantitative estimate of drug-likeness (QED) is 0.589. The molecule has 0 bridgehead atoms. The second-order valence-electron chi connectivity index (χ2n) is 8.17. The van der Waals surface area contributed by atoms with Crippen LogP contribution in [0.1, 0.15) is 33.0 Å². The van der Waals surface area contributed by atoms with Gasteiger partial charge in [-0.25, -0.2) is 4.68 Å². The van der Waals surface area contributed by atoms with Crippen molar-refractivity contribution in [3.05, 3.63) is 65.5 Å². The van der Waals surface area contributed by atoms with Crippen LogP contribution in [-0.4, -0.2) is 58.9 Å². The molecular weight excluding hydrogens is 438 g/mol. The largest absolute Gasteiger partial charge is 0.497 e. The summed E-state index contributed by atoms with van der Waals surface area (Å²) in [6, 6.07) is 14.0. The second-order valence-corrected chi connectivity index (χ2v) is 8.17. The van der Waals surface area contributed by atoms with Gasteiger partial charge in [-0.05, 0) is 55.0 Å². The number of nitrogens with zero attached hydrogens (tertiary/aromatic N) is 4. The van der Waals surface area contributed by atoms with Crippen LogP contribution in [0.15, 0.2) is 48.5 Å². The Balaban J connectivity index is 1.49. The summed E-state index contributed by atoms with van der Waals surface area (Å²) in [5.41, 5.74) is 8.36. The lowest BCUT2D eigenvalue weighted by Crippen LogP contribution is -2.39. The maximum Gasteiger partial charge on any atom is 0.277 e. The molecule has 1 saturated heterocycles. The molecule has 2 aliphatic heterocycles. The van der Waals surface area contributed by atoms with Gasteiger partial charge in [0.2, 0.25) is 0 Å². The SMILES string of the molecule is COc1ccc(-n2nc(C(N)=O)c3c2C(=O)N(c2ccc(N4CCC(O)C4=O)cc2)CC3)cc1. The molecule has 1 aromatic heterocycles. The molecule has 0 aliphatic carbocycles. The van der Waals surface area contributed by atoms with Crippen LogP contribution < -0.4 is 20.3 Å². The molecule has 3 heterocycles. The number of primary amides is 1. The van der Waals surface area contributed by atoms with E-state index in [9.17, 15) is 19.5 Å². The van der Waals surface area contributed by atoms with E-state index in [4.69, 9.17) is 10.5 Å². The van der Waals surface area contributed by atoms with Crippen LogP contribution in [0, 0.1) is 0 Å². The van der Waals surface area contributed by atoms with Gasteiger partial charge in [0.05, 0.1) is 12.8 Å². The number of hydrogen-bond acceptors (Lipinski definition) is 6. The molecule has 1 atom stereocenters. The molecule has 34 heavy (non-hydrogen) atoms. The van der Waals surface area contributed by atoms with E-state index in [-0.39, 0.29) is 23.2 Å². The Hall–Kier alpha value is -4.18. The Kier molecular flexibility index (Phi) is 5.29. The van der Waals surface area contributed by atoms with E-state index in [0.29, 0.717) is 54.3 Å². The van der Waals surface area contributed by atoms with Gasteiger partial charge in [-0.2, -0.15) is 5.10 Å². The van der Waals surface area contributed by atoms with E-state index in [1.54, 1.807) is 60.5 Å². The average molecular weight is 461 g/mol. The highest BCUT2D eigenvalue weighted by Gasteiger charge is 2.35. The van der Waals surface area contributed by atoms with E-state index in [2.05, 4.69) is 5.10 Å². The third kappa shape index (κ3) is 3.48. The van der Waals surface area contributed by atoms with Crippen molar-refractivity contribution in [2.24, 2.45) is 5.73 Å². The topological polar surface area (TPSA) is 131 Å². The highest BCUT2D eigenvalue weighted by atomic mass is 16.5. The molecule has 3 N–H and O–H groups in total. The first kappa shape index (κ1) is 21.7. The Labute approximate surface area is 195 Å². The summed E-state index contributed by atoms with van der Waals surface area (Å²) in [5.74, 6) is -0.671. The fourth-order valence-electron chi connectivity index (χ4n) is 4.45. The number of rotatable bonds is 5. The van der Waals surface area contributed by atoms with Crippen LogP contribution in [0.4, 0.5) is 11.4 Å². The molecule has 0 saturated carbocycles. The zero-order valence-corrected chi connectivity index (χ0v) is 18.5. The van der Waals surface area contributed by atoms with Crippen LogP contribution in [-0.2, 0) is 11.2 Å². The van der Waals surface area contributed by atoms with Crippen LogP contribution >= 0.6 is 0 Å². The number of aliphatic hydroxyl groups excluding tert-OH is 1. The maximum atomic E-state index is 13.6. The Morgan fingerprint density at radius 1 is 1.00 bits per heavy atom. The number of carbonyl (C=O) groups is 3. The number of aliphatic hydroxyl groups is 1. The van der Waals surface area contributed by atoms with Crippen molar-refractivity contribution in [1.29, 1.82) is 0 Å². The fourth-order valence-corrected chi connectivity index (χ4v) is 4.45. The van der Waals surface area contributed by atoms with E-state index >= 15 is 0 Å². The molecule has 0 radical (unpaired) electrons. The number of ether oxygens (including phenoxy) is 1. The van der Waals surface area contributed by atoms with Gasteiger partial charge in [-0.1, -0.05) is 0 Å². The summed E-state index contributed by atoms with van der Waals surface area (Å²) >= 11 is 0. The molecule has 1 fully saturated rings. The van der Waals surface area contributed by atoms with Crippen molar-refractivity contribution in [1.82, 2.24) is 9.78 Å². The van der Waals surface area contributed by atoms with Crippen molar-refractivity contribution in [3.8, 4) is 11.4 Å². The molecule has 174 valence electrons. The zero-order valence-electron chi connectivity index (χ0n) is 18.5. The van der Waals surface area contributed by atoms with E-state index in [1.807, 2.05) is 0 Å². The number of benzene rings is 2. The van der Waals surface area contributed by atoms with E-state index < -0.39 is 12.0 Å². The highest BCUT2D eigenvalue weighted by Crippen LogP contribution is 2.31.